The number of hydrogen-bond acceptors (Lipinski definition) is 5. The van der Waals surface area contributed by atoms with Crippen LogP contribution in [0, 0.1) is 0 Å². The van der Waals surface area contributed by atoms with E-state index in [2.05, 4.69) is 5.32 Å². The first-order valence-corrected chi connectivity index (χ1v) is 11.0. The normalized spacial score (nSPS) is 15.7. The van der Waals surface area contributed by atoms with Crippen molar-refractivity contribution in [1.82, 2.24) is 0 Å². The molecule has 162 valence electrons. The van der Waals surface area contributed by atoms with Gasteiger partial charge in [-0.3, -0.25) is 9.59 Å². The summed E-state index contributed by atoms with van der Waals surface area (Å²) in [6.07, 6.45) is 3.16. The number of benzene rings is 2. The number of thiophene rings is 1. The lowest BCUT2D eigenvalue weighted by atomic mass is 10.1. The van der Waals surface area contributed by atoms with Gasteiger partial charge in [-0.15, -0.1) is 11.3 Å². The molecule has 1 unspecified atom stereocenters. The van der Waals surface area contributed by atoms with Gasteiger partial charge in [0.05, 0.1) is 11.4 Å². The van der Waals surface area contributed by atoms with Crippen molar-refractivity contribution in [3.05, 3.63) is 77.7 Å². The standard InChI is InChI=1S/C25H22N2O4S/c1-17-15-23(28)26-20-9-5-6-10-21(20)27(17)24(29)16-31-25(30)14-12-19-11-13-22(32-19)18-7-3-2-4-8-18/h2-14,17H,15-16H2,1H3,(H,26,28)/b14-12+. The number of nitrogens with zero attached hydrogens (tertiary/aromatic N) is 1. The van der Waals surface area contributed by atoms with E-state index in [-0.39, 0.29) is 24.3 Å². The van der Waals surface area contributed by atoms with Crippen LogP contribution in [0.3, 0.4) is 0 Å². The maximum absolute atomic E-state index is 12.9. The minimum Gasteiger partial charge on any atom is -0.452 e. The van der Waals surface area contributed by atoms with Crippen molar-refractivity contribution < 1.29 is 19.1 Å². The second-order valence-corrected chi connectivity index (χ2v) is 8.51. The Morgan fingerprint density at radius 3 is 2.66 bits per heavy atom. The van der Waals surface area contributed by atoms with Crippen LogP contribution in [0.2, 0.25) is 0 Å². The molecule has 0 bridgehead atoms. The third kappa shape index (κ3) is 4.95. The smallest absolute Gasteiger partial charge is 0.331 e. The molecule has 6 nitrogen and oxygen atoms in total. The lowest BCUT2D eigenvalue weighted by Gasteiger charge is -2.27. The summed E-state index contributed by atoms with van der Waals surface area (Å²) in [5, 5.41) is 2.80. The van der Waals surface area contributed by atoms with Crippen molar-refractivity contribution >= 4 is 46.6 Å². The Bertz CT molecular complexity index is 1170. The molecule has 2 heterocycles. The zero-order valence-corrected chi connectivity index (χ0v) is 18.3. The number of rotatable bonds is 5. The van der Waals surface area contributed by atoms with Gasteiger partial charge in [0.15, 0.2) is 6.61 Å². The zero-order valence-electron chi connectivity index (χ0n) is 17.5. The van der Waals surface area contributed by atoms with Crippen LogP contribution in [0.4, 0.5) is 11.4 Å². The average molecular weight is 447 g/mol. The predicted octanol–water partition coefficient (Wildman–Crippen LogP) is 4.74. The lowest BCUT2D eigenvalue weighted by molar-refractivity contribution is -0.143. The monoisotopic (exact) mass is 446 g/mol. The molecule has 0 spiro atoms. The van der Waals surface area contributed by atoms with Gasteiger partial charge in [-0.05, 0) is 42.8 Å². The molecule has 0 saturated heterocycles. The van der Waals surface area contributed by atoms with E-state index < -0.39 is 12.6 Å². The molecular formula is C25H22N2O4S. The molecule has 0 fully saturated rings. The third-order valence-corrected chi connectivity index (χ3v) is 6.13. The molecule has 1 atom stereocenters. The van der Waals surface area contributed by atoms with E-state index in [4.69, 9.17) is 4.74 Å². The second kappa shape index (κ2) is 9.62. The highest BCUT2D eigenvalue weighted by molar-refractivity contribution is 7.16. The van der Waals surface area contributed by atoms with Crippen LogP contribution in [0.1, 0.15) is 18.2 Å². The first-order chi connectivity index (χ1) is 15.5. The Morgan fingerprint density at radius 2 is 1.84 bits per heavy atom. The Morgan fingerprint density at radius 1 is 1.09 bits per heavy atom. The number of esters is 1. The minimum absolute atomic E-state index is 0.161. The van der Waals surface area contributed by atoms with Gasteiger partial charge in [0.2, 0.25) is 5.91 Å². The maximum atomic E-state index is 12.9. The SMILES string of the molecule is CC1CC(=O)Nc2ccccc2N1C(=O)COC(=O)/C=C/c1ccc(-c2ccccc2)s1. The Kier molecular flexibility index (Phi) is 6.47. The van der Waals surface area contributed by atoms with Crippen molar-refractivity contribution in [2.24, 2.45) is 0 Å². The number of fused-ring (bicyclic) bond motifs is 1. The molecule has 1 aliphatic rings. The van der Waals surface area contributed by atoms with E-state index in [1.807, 2.05) is 42.5 Å². The highest BCUT2D eigenvalue weighted by Gasteiger charge is 2.29. The number of nitrogens with one attached hydrogen (secondary N) is 1. The summed E-state index contributed by atoms with van der Waals surface area (Å²) in [5.41, 5.74) is 2.27. The molecule has 2 aromatic carbocycles. The number of carbonyl (C=O) groups is 3. The summed E-state index contributed by atoms with van der Waals surface area (Å²) in [4.78, 5) is 40.6. The fourth-order valence-corrected chi connectivity index (χ4v) is 4.48. The third-order valence-electron chi connectivity index (χ3n) is 5.03. The van der Waals surface area contributed by atoms with E-state index >= 15 is 0 Å². The first-order valence-electron chi connectivity index (χ1n) is 10.2. The Labute approximate surface area is 190 Å². The second-order valence-electron chi connectivity index (χ2n) is 7.39. The van der Waals surface area contributed by atoms with Crippen molar-refractivity contribution in [3.8, 4) is 10.4 Å². The molecule has 1 aliphatic heterocycles. The number of hydrogen-bond donors (Lipinski definition) is 1. The van der Waals surface area contributed by atoms with Crippen LogP contribution < -0.4 is 10.2 Å². The largest absolute Gasteiger partial charge is 0.452 e. The minimum atomic E-state index is -0.599. The molecule has 7 heteroatoms. The number of carbonyl (C=O) groups excluding carboxylic acids is 3. The first kappa shape index (κ1) is 21.5. The number of anilines is 2. The summed E-state index contributed by atoms with van der Waals surface area (Å²) in [7, 11) is 0. The van der Waals surface area contributed by atoms with Crippen molar-refractivity contribution in [2.45, 2.75) is 19.4 Å². The highest BCUT2D eigenvalue weighted by Crippen LogP contribution is 2.31. The molecule has 1 N–H and O–H groups in total. The molecular weight excluding hydrogens is 424 g/mol. The fraction of sp³-hybridized carbons (Fsp3) is 0.160. The van der Waals surface area contributed by atoms with Gasteiger partial charge in [-0.2, -0.15) is 0 Å². The Balaban J connectivity index is 1.38. The predicted molar refractivity (Wildman–Crippen MR) is 126 cm³/mol. The number of ether oxygens (including phenoxy) is 1. The Hall–Kier alpha value is -3.71. The van der Waals surface area contributed by atoms with E-state index in [9.17, 15) is 14.4 Å². The molecule has 2 amide bonds. The van der Waals surface area contributed by atoms with Gasteiger partial charge in [0, 0.05) is 28.3 Å². The summed E-state index contributed by atoms with van der Waals surface area (Å²) < 4.78 is 5.18. The summed E-state index contributed by atoms with van der Waals surface area (Å²) in [6, 6.07) is 20.7. The molecule has 32 heavy (non-hydrogen) atoms. The van der Waals surface area contributed by atoms with Gasteiger partial charge >= 0.3 is 5.97 Å². The molecule has 0 aliphatic carbocycles. The van der Waals surface area contributed by atoms with Crippen LogP contribution in [0.25, 0.3) is 16.5 Å². The van der Waals surface area contributed by atoms with Gasteiger partial charge in [-0.25, -0.2) is 4.79 Å². The van der Waals surface area contributed by atoms with Gasteiger partial charge < -0.3 is 15.0 Å². The van der Waals surface area contributed by atoms with Crippen LogP contribution in [-0.4, -0.2) is 30.4 Å². The van der Waals surface area contributed by atoms with Gasteiger partial charge in [0.25, 0.3) is 5.91 Å². The summed E-state index contributed by atoms with van der Waals surface area (Å²) in [5.74, 6) is -1.14. The van der Waals surface area contributed by atoms with Crippen LogP contribution >= 0.6 is 11.3 Å². The average Bonchev–Trinajstić information content (AvgIpc) is 3.22. The van der Waals surface area contributed by atoms with Gasteiger partial charge in [-0.1, -0.05) is 42.5 Å². The summed E-state index contributed by atoms with van der Waals surface area (Å²) >= 11 is 1.56. The van der Waals surface area contributed by atoms with E-state index in [0.29, 0.717) is 11.4 Å². The molecule has 0 saturated carbocycles. The zero-order chi connectivity index (χ0) is 22.5. The van der Waals surface area contributed by atoms with Crippen LogP contribution in [0.5, 0.6) is 0 Å². The van der Waals surface area contributed by atoms with Crippen LogP contribution in [0.15, 0.2) is 72.8 Å². The lowest BCUT2D eigenvalue weighted by Crippen LogP contribution is -2.41. The van der Waals surface area contributed by atoms with E-state index in [1.165, 1.54) is 11.0 Å². The van der Waals surface area contributed by atoms with E-state index in [1.54, 1.807) is 48.6 Å². The molecule has 0 radical (unpaired) electrons. The number of para-hydroxylation sites is 2. The number of amides is 2. The van der Waals surface area contributed by atoms with Crippen molar-refractivity contribution in [2.75, 3.05) is 16.8 Å². The van der Waals surface area contributed by atoms with Crippen molar-refractivity contribution in [1.29, 1.82) is 0 Å². The van der Waals surface area contributed by atoms with Gasteiger partial charge in [0.1, 0.15) is 0 Å². The molecule has 4 rings (SSSR count). The molecule has 3 aromatic rings. The summed E-state index contributed by atoms with van der Waals surface area (Å²) in [6.45, 7) is 1.39. The van der Waals surface area contributed by atoms with Crippen LogP contribution in [-0.2, 0) is 19.1 Å². The van der Waals surface area contributed by atoms with Crippen molar-refractivity contribution in [3.63, 3.8) is 0 Å². The van der Waals surface area contributed by atoms with E-state index in [0.717, 1.165) is 15.3 Å². The molecule has 1 aromatic heterocycles. The maximum Gasteiger partial charge on any atom is 0.331 e. The topological polar surface area (TPSA) is 75.7 Å². The quantitative estimate of drug-likeness (QED) is 0.454. The highest BCUT2D eigenvalue weighted by atomic mass is 32.1. The fourth-order valence-electron chi connectivity index (χ4n) is 3.57.